The molecule has 3 nitrogen and oxygen atoms in total. The minimum Gasteiger partial charge on any atom is -0.382 e. The van der Waals surface area contributed by atoms with Crippen molar-refractivity contribution in [2.45, 2.75) is 37.5 Å². The van der Waals surface area contributed by atoms with E-state index < -0.39 is 0 Å². The summed E-state index contributed by atoms with van der Waals surface area (Å²) < 4.78 is 11.5. The Morgan fingerprint density at radius 1 is 1.06 bits per heavy atom. The highest BCUT2D eigenvalue weighted by Gasteiger charge is 2.40. The molecule has 18 heavy (non-hydrogen) atoms. The van der Waals surface area contributed by atoms with E-state index >= 15 is 0 Å². The van der Waals surface area contributed by atoms with Crippen LogP contribution in [0.4, 0.5) is 5.69 Å². The molecular formula is C14H18ClNO2. The van der Waals surface area contributed by atoms with Crippen LogP contribution in [-0.4, -0.2) is 25.0 Å². The Morgan fingerprint density at radius 3 is 2.28 bits per heavy atom. The molecule has 1 saturated carbocycles. The third kappa shape index (κ3) is 2.63. The molecule has 2 aliphatic rings. The molecule has 0 radical (unpaired) electrons. The molecule has 1 heterocycles. The molecule has 98 valence electrons. The summed E-state index contributed by atoms with van der Waals surface area (Å²) in [5, 5.41) is 4.32. The second-order valence-electron chi connectivity index (χ2n) is 5.03. The van der Waals surface area contributed by atoms with Crippen molar-refractivity contribution >= 4 is 17.3 Å². The number of halogens is 1. The maximum Gasteiger partial charge on any atom is 0.168 e. The lowest BCUT2D eigenvalue weighted by atomic mass is 9.90. The van der Waals surface area contributed by atoms with Crippen molar-refractivity contribution in [3.8, 4) is 0 Å². The molecule has 0 unspecified atom stereocenters. The van der Waals surface area contributed by atoms with Gasteiger partial charge >= 0.3 is 0 Å². The van der Waals surface area contributed by atoms with Crippen LogP contribution in [0.3, 0.4) is 0 Å². The van der Waals surface area contributed by atoms with E-state index in [1.165, 1.54) is 0 Å². The van der Waals surface area contributed by atoms with E-state index in [0.29, 0.717) is 6.04 Å². The number of ether oxygens (including phenoxy) is 2. The fourth-order valence-electron chi connectivity index (χ4n) is 2.77. The Balaban J connectivity index is 1.55. The first-order valence-corrected chi connectivity index (χ1v) is 6.94. The molecule has 4 heteroatoms. The third-order valence-corrected chi connectivity index (χ3v) is 4.03. The molecule has 0 aromatic heterocycles. The molecule has 1 spiro atoms. The molecule has 1 N–H and O–H groups in total. The van der Waals surface area contributed by atoms with Gasteiger partial charge in [0, 0.05) is 29.6 Å². The summed E-state index contributed by atoms with van der Waals surface area (Å²) >= 11 is 5.88. The Labute approximate surface area is 112 Å². The quantitative estimate of drug-likeness (QED) is 0.890. The first kappa shape index (κ1) is 12.3. The molecular weight excluding hydrogens is 250 g/mol. The molecule has 3 rings (SSSR count). The van der Waals surface area contributed by atoms with Crippen LogP contribution in [0.15, 0.2) is 24.3 Å². The average molecular weight is 268 g/mol. The van der Waals surface area contributed by atoms with E-state index in [4.69, 9.17) is 21.1 Å². The van der Waals surface area contributed by atoms with Gasteiger partial charge in [0.1, 0.15) is 0 Å². The van der Waals surface area contributed by atoms with Gasteiger partial charge in [0.05, 0.1) is 13.2 Å². The van der Waals surface area contributed by atoms with Crippen LogP contribution in [-0.2, 0) is 9.47 Å². The summed E-state index contributed by atoms with van der Waals surface area (Å²) in [5.41, 5.74) is 1.13. The second kappa shape index (κ2) is 5.08. The Hall–Kier alpha value is -0.770. The van der Waals surface area contributed by atoms with E-state index in [0.717, 1.165) is 49.6 Å². The maximum absolute atomic E-state index is 5.88. The smallest absolute Gasteiger partial charge is 0.168 e. The van der Waals surface area contributed by atoms with Crippen LogP contribution < -0.4 is 5.32 Å². The van der Waals surface area contributed by atoms with E-state index in [2.05, 4.69) is 5.32 Å². The van der Waals surface area contributed by atoms with Crippen LogP contribution in [0.2, 0.25) is 5.02 Å². The van der Waals surface area contributed by atoms with E-state index in [9.17, 15) is 0 Å². The molecule has 1 aromatic rings. The van der Waals surface area contributed by atoms with Crippen molar-refractivity contribution in [1.29, 1.82) is 0 Å². The normalized spacial score (nSPS) is 23.4. The van der Waals surface area contributed by atoms with Crippen LogP contribution in [0.1, 0.15) is 25.7 Å². The predicted molar refractivity (Wildman–Crippen MR) is 72.0 cm³/mol. The second-order valence-corrected chi connectivity index (χ2v) is 5.47. The lowest BCUT2D eigenvalue weighted by Gasteiger charge is -2.36. The Morgan fingerprint density at radius 2 is 1.67 bits per heavy atom. The molecule has 1 aromatic carbocycles. The van der Waals surface area contributed by atoms with Gasteiger partial charge in [-0.25, -0.2) is 0 Å². The minimum absolute atomic E-state index is 0.266. The number of hydrogen-bond acceptors (Lipinski definition) is 3. The first-order chi connectivity index (χ1) is 8.76. The fourth-order valence-corrected chi connectivity index (χ4v) is 2.90. The van der Waals surface area contributed by atoms with Crippen LogP contribution in [0.25, 0.3) is 0 Å². The van der Waals surface area contributed by atoms with Crippen molar-refractivity contribution in [1.82, 2.24) is 0 Å². The third-order valence-electron chi connectivity index (χ3n) is 3.78. The largest absolute Gasteiger partial charge is 0.382 e. The minimum atomic E-state index is -0.266. The Kier molecular flexibility index (Phi) is 3.46. The zero-order valence-corrected chi connectivity index (χ0v) is 11.1. The topological polar surface area (TPSA) is 30.5 Å². The number of rotatable bonds is 2. The van der Waals surface area contributed by atoms with E-state index in [-0.39, 0.29) is 5.79 Å². The van der Waals surface area contributed by atoms with E-state index in [1.54, 1.807) is 0 Å². The van der Waals surface area contributed by atoms with Crippen molar-refractivity contribution in [2.24, 2.45) is 0 Å². The van der Waals surface area contributed by atoms with Gasteiger partial charge in [0.2, 0.25) is 0 Å². The van der Waals surface area contributed by atoms with Gasteiger partial charge in [0.15, 0.2) is 5.79 Å². The van der Waals surface area contributed by atoms with Crippen LogP contribution in [0, 0.1) is 0 Å². The fraction of sp³-hybridized carbons (Fsp3) is 0.571. The van der Waals surface area contributed by atoms with Crippen molar-refractivity contribution in [2.75, 3.05) is 18.5 Å². The summed E-state index contributed by atoms with van der Waals surface area (Å²) in [5.74, 6) is -0.266. The average Bonchev–Trinajstić information content (AvgIpc) is 2.84. The van der Waals surface area contributed by atoms with Crippen molar-refractivity contribution < 1.29 is 9.47 Å². The molecule has 1 saturated heterocycles. The number of nitrogens with one attached hydrogen (secondary N) is 1. The van der Waals surface area contributed by atoms with Gasteiger partial charge in [-0.1, -0.05) is 11.6 Å². The van der Waals surface area contributed by atoms with Crippen LogP contribution >= 0.6 is 11.6 Å². The van der Waals surface area contributed by atoms with Gasteiger partial charge in [-0.3, -0.25) is 0 Å². The predicted octanol–water partition coefficient (Wildman–Crippen LogP) is 3.44. The van der Waals surface area contributed by atoms with Gasteiger partial charge in [-0.15, -0.1) is 0 Å². The van der Waals surface area contributed by atoms with Gasteiger partial charge in [-0.2, -0.15) is 0 Å². The van der Waals surface area contributed by atoms with Gasteiger partial charge in [-0.05, 0) is 37.1 Å². The monoisotopic (exact) mass is 267 g/mol. The van der Waals surface area contributed by atoms with Gasteiger partial charge < -0.3 is 14.8 Å². The van der Waals surface area contributed by atoms with Gasteiger partial charge in [0.25, 0.3) is 0 Å². The highest BCUT2D eigenvalue weighted by atomic mass is 35.5. The van der Waals surface area contributed by atoms with Crippen molar-refractivity contribution in [3.05, 3.63) is 29.3 Å². The lowest BCUT2D eigenvalue weighted by molar-refractivity contribution is -0.177. The van der Waals surface area contributed by atoms with E-state index in [1.807, 2.05) is 24.3 Å². The summed E-state index contributed by atoms with van der Waals surface area (Å²) in [4.78, 5) is 0. The molecule has 2 fully saturated rings. The summed E-state index contributed by atoms with van der Waals surface area (Å²) in [6, 6.07) is 8.38. The maximum atomic E-state index is 5.88. The number of hydrogen-bond donors (Lipinski definition) is 1. The summed E-state index contributed by atoms with van der Waals surface area (Å²) in [7, 11) is 0. The lowest BCUT2D eigenvalue weighted by Crippen LogP contribution is -2.39. The van der Waals surface area contributed by atoms with Crippen molar-refractivity contribution in [3.63, 3.8) is 0 Å². The molecule has 0 amide bonds. The number of anilines is 1. The highest BCUT2D eigenvalue weighted by Crippen LogP contribution is 2.36. The summed E-state index contributed by atoms with van der Waals surface area (Å²) in [6.45, 7) is 1.49. The SMILES string of the molecule is Clc1ccc(NC2CCC3(CC2)OCCO3)cc1. The Bertz CT molecular complexity index is 391. The zero-order valence-electron chi connectivity index (χ0n) is 10.3. The molecule has 0 bridgehead atoms. The standard InChI is InChI=1S/C14H18ClNO2/c15-11-1-3-12(4-2-11)16-13-5-7-14(8-6-13)17-9-10-18-14/h1-4,13,16H,5-10H2. The molecule has 1 aliphatic heterocycles. The first-order valence-electron chi connectivity index (χ1n) is 6.56. The number of benzene rings is 1. The molecule has 0 atom stereocenters. The highest BCUT2D eigenvalue weighted by molar-refractivity contribution is 6.30. The summed E-state index contributed by atoms with van der Waals surface area (Å²) in [6.07, 6.45) is 4.14. The molecule has 1 aliphatic carbocycles. The zero-order chi connectivity index (χ0) is 12.4. The van der Waals surface area contributed by atoms with Crippen LogP contribution in [0.5, 0.6) is 0 Å².